The number of anilines is 1. The van der Waals surface area contributed by atoms with E-state index in [1.807, 2.05) is 12.1 Å². The molecule has 0 aliphatic carbocycles. The van der Waals surface area contributed by atoms with Crippen molar-refractivity contribution in [2.75, 3.05) is 5.73 Å². The third-order valence-corrected chi connectivity index (χ3v) is 2.45. The molecule has 2 N–H and O–H groups in total. The molecule has 2 aromatic heterocycles. The van der Waals surface area contributed by atoms with E-state index in [1.54, 1.807) is 12.4 Å². The first-order valence-electron chi connectivity index (χ1n) is 5.21. The molecule has 0 radical (unpaired) electrons. The van der Waals surface area contributed by atoms with Gasteiger partial charge in [0, 0.05) is 23.5 Å². The molecule has 2 heterocycles. The summed E-state index contributed by atoms with van der Waals surface area (Å²) in [5, 5.41) is 0. The van der Waals surface area contributed by atoms with Crippen LogP contribution in [0.1, 0.15) is 25.3 Å². The number of rotatable bonds is 2. The first kappa shape index (κ1) is 10.5. The topological polar surface area (TPSA) is 64.7 Å². The van der Waals surface area contributed by atoms with Gasteiger partial charge in [-0.05, 0) is 18.1 Å². The Morgan fingerprint density at radius 3 is 2.44 bits per heavy atom. The molecule has 4 nitrogen and oxygen atoms in total. The van der Waals surface area contributed by atoms with E-state index in [0.717, 1.165) is 16.8 Å². The van der Waals surface area contributed by atoms with Crippen molar-refractivity contribution in [3.63, 3.8) is 0 Å². The monoisotopic (exact) mass is 214 g/mol. The molecule has 2 rings (SSSR count). The van der Waals surface area contributed by atoms with E-state index < -0.39 is 0 Å². The van der Waals surface area contributed by atoms with Crippen molar-refractivity contribution in [1.29, 1.82) is 0 Å². The van der Waals surface area contributed by atoms with Gasteiger partial charge in [0.25, 0.3) is 0 Å². The number of pyridine rings is 1. The van der Waals surface area contributed by atoms with E-state index in [1.165, 1.54) is 6.33 Å². The lowest BCUT2D eigenvalue weighted by molar-refractivity contribution is 0.854. The summed E-state index contributed by atoms with van der Waals surface area (Å²) in [7, 11) is 0. The Morgan fingerprint density at radius 2 is 1.81 bits per heavy atom. The maximum atomic E-state index is 5.89. The van der Waals surface area contributed by atoms with Gasteiger partial charge in [-0.25, -0.2) is 9.97 Å². The second kappa shape index (κ2) is 4.26. The third kappa shape index (κ3) is 1.86. The van der Waals surface area contributed by atoms with E-state index in [9.17, 15) is 0 Å². The Kier molecular flexibility index (Phi) is 2.81. The molecule has 0 amide bonds. The number of nitrogens with zero attached hydrogens (tertiary/aromatic N) is 3. The summed E-state index contributed by atoms with van der Waals surface area (Å²) in [6.07, 6.45) is 4.99. The lowest BCUT2D eigenvalue weighted by Crippen LogP contribution is -2.04. The number of nitrogen functional groups attached to an aromatic ring is 1. The fourth-order valence-electron chi connectivity index (χ4n) is 1.72. The minimum atomic E-state index is 0.296. The summed E-state index contributed by atoms with van der Waals surface area (Å²) in [6, 6.07) is 3.85. The van der Waals surface area contributed by atoms with E-state index >= 15 is 0 Å². The molecule has 0 atom stereocenters. The van der Waals surface area contributed by atoms with E-state index in [0.29, 0.717) is 11.7 Å². The van der Waals surface area contributed by atoms with E-state index in [2.05, 4.69) is 28.8 Å². The number of hydrogen-bond donors (Lipinski definition) is 1. The average molecular weight is 214 g/mol. The van der Waals surface area contributed by atoms with Crippen molar-refractivity contribution >= 4 is 5.82 Å². The van der Waals surface area contributed by atoms with Gasteiger partial charge in [-0.3, -0.25) is 4.98 Å². The fourth-order valence-corrected chi connectivity index (χ4v) is 1.72. The normalized spacial score (nSPS) is 10.7. The molecule has 4 heteroatoms. The predicted molar refractivity (Wildman–Crippen MR) is 63.8 cm³/mol. The van der Waals surface area contributed by atoms with Gasteiger partial charge in [0.15, 0.2) is 0 Å². The quantitative estimate of drug-likeness (QED) is 0.832. The highest BCUT2D eigenvalue weighted by molar-refractivity contribution is 5.67. The lowest BCUT2D eigenvalue weighted by atomic mass is 9.98. The lowest BCUT2D eigenvalue weighted by Gasteiger charge is -2.13. The fraction of sp³-hybridized carbons (Fsp3) is 0.250. The summed E-state index contributed by atoms with van der Waals surface area (Å²) in [6.45, 7) is 4.17. The first-order valence-corrected chi connectivity index (χ1v) is 5.21. The molecule has 0 fully saturated rings. The van der Waals surface area contributed by atoms with E-state index in [-0.39, 0.29) is 0 Å². The van der Waals surface area contributed by atoms with Crippen LogP contribution in [0.15, 0.2) is 30.9 Å². The summed E-state index contributed by atoms with van der Waals surface area (Å²) in [5.74, 6) is 0.848. The Bertz CT molecular complexity index is 480. The molecule has 0 saturated heterocycles. The van der Waals surface area contributed by atoms with Crippen LogP contribution in [0.2, 0.25) is 0 Å². The minimum Gasteiger partial charge on any atom is -0.383 e. The van der Waals surface area contributed by atoms with Gasteiger partial charge in [-0.1, -0.05) is 13.8 Å². The van der Waals surface area contributed by atoms with Crippen molar-refractivity contribution < 1.29 is 0 Å². The molecule has 82 valence electrons. The van der Waals surface area contributed by atoms with Crippen LogP contribution in [-0.4, -0.2) is 15.0 Å². The van der Waals surface area contributed by atoms with Crippen molar-refractivity contribution in [2.24, 2.45) is 0 Å². The van der Waals surface area contributed by atoms with Crippen molar-refractivity contribution in [3.8, 4) is 11.3 Å². The Labute approximate surface area is 94.6 Å². The van der Waals surface area contributed by atoms with Crippen molar-refractivity contribution in [1.82, 2.24) is 15.0 Å². The molecule has 0 aliphatic heterocycles. The van der Waals surface area contributed by atoms with Crippen LogP contribution in [0.3, 0.4) is 0 Å². The van der Waals surface area contributed by atoms with Crippen molar-refractivity contribution in [2.45, 2.75) is 19.8 Å². The standard InChI is InChI=1S/C12H14N4/c1-8(2)10-11(15-7-16-12(10)13)9-3-5-14-6-4-9/h3-8H,1-2H3,(H2,13,15,16). The highest BCUT2D eigenvalue weighted by atomic mass is 14.9. The minimum absolute atomic E-state index is 0.296. The molecule has 0 saturated carbocycles. The summed E-state index contributed by atoms with van der Waals surface area (Å²) in [4.78, 5) is 12.3. The largest absolute Gasteiger partial charge is 0.383 e. The Hall–Kier alpha value is -1.97. The summed E-state index contributed by atoms with van der Waals surface area (Å²) < 4.78 is 0. The Balaban J connectivity index is 2.61. The molecule has 0 bridgehead atoms. The molecule has 16 heavy (non-hydrogen) atoms. The van der Waals surface area contributed by atoms with Gasteiger partial charge >= 0.3 is 0 Å². The zero-order valence-electron chi connectivity index (χ0n) is 9.38. The van der Waals surface area contributed by atoms with Gasteiger partial charge in [-0.2, -0.15) is 0 Å². The molecule has 0 spiro atoms. The van der Waals surface area contributed by atoms with Gasteiger partial charge in [0.2, 0.25) is 0 Å². The maximum absolute atomic E-state index is 5.89. The SMILES string of the molecule is CC(C)c1c(N)ncnc1-c1ccncc1. The van der Waals surface area contributed by atoms with Crippen molar-refractivity contribution in [3.05, 3.63) is 36.4 Å². The third-order valence-electron chi connectivity index (χ3n) is 2.45. The first-order chi connectivity index (χ1) is 7.70. The van der Waals surface area contributed by atoms with Crippen LogP contribution in [-0.2, 0) is 0 Å². The van der Waals surface area contributed by atoms with E-state index in [4.69, 9.17) is 5.73 Å². The van der Waals surface area contributed by atoms with Crippen LogP contribution >= 0.6 is 0 Å². The van der Waals surface area contributed by atoms with Crippen LogP contribution in [0.25, 0.3) is 11.3 Å². The second-order valence-corrected chi connectivity index (χ2v) is 3.91. The van der Waals surface area contributed by atoms with Crippen LogP contribution in [0, 0.1) is 0 Å². The maximum Gasteiger partial charge on any atom is 0.130 e. The highest BCUT2D eigenvalue weighted by Crippen LogP contribution is 2.29. The molecular formula is C12H14N4. The number of nitrogens with two attached hydrogens (primary N) is 1. The van der Waals surface area contributed by atoms with Crippen LogP contribution in [0.4, 0.5) is 5.82 Å². The molecule has 2 aromatic rings. The number of aromatic nitrogens is 3. The number of hydrogen-bond acceptors (Lipinski definition) is 4. The van der Waals surface area contributed by atoms with Gasteiger partial charge in [-0.15, -0.1) is 0 Å². The molecule has 0 aliphatic rings. The zero-order chi connectivity index (χ0) is 11.5. The smallest absolute Gasteiger partial charge is 0.130 e. The highest BCUT2D eigenvalue weighted by Gasteiger charge is 2.13. The second-order valence-electron chi connectivity index (χ2n) is 3.91. The van der Waals surface area contributed by atoms with Crippen LogP contribution < -0.4 is 5.73 Å². The molecule has 0 aromatic carbocycles. The Morgan fingerprint density at radius 1 is 1.12 bits per heavy atom. The molecule has 0 unspecified atom stereocenters. The summed E-state index contributed by atoms with van der Waals surface area (Å²) >= 11 is 0. The summed E-state index contributed by atoms with van der Waals surface area (Å²) in [5.41, 5.74) is 8.80. The average Bonchev–Trinajstić information content (AvgIpc) is 2.29. The predicted octanol–water partition coefficient (Wildman–Crippen LogP) is 2.24. The van der Waals surface area contributed by atoms with Gasteiger partial charge in [0.1, 0.15) is 12.1 Å². The van der Waals surface area contributed by atoms with Gasteiger partial charge in [0.05, 0.1) is 5.69 Å². The van der Waals surface area contributed by atoms with Crippen LogP contribution in [0.5, 0.6) is 0 Å². The zero-order valence-corrected chi connectivity index (χ0v) is 9.38. The van der Waals surface area contributed by atoms with Gasteiger partial charge < -0.3 is 5.73 Å². The molecular weight excluding hydrogens is 200 g/mol.